The highest BCUT2D eigenvalue weighted by Crippen LogP contribution is 2.24. The van der Waals surface area contributed by atoms with Crippen LogP contribution >= 0.6 is 0 Å². The van der Waals surface area contributed by atoms with Crippen LogP contribution in [0.1, 0.15) is 38.4 Å². The summed E-state index contributed by atoms with van der Waals surface area (Å²) in [4.78, 5) is 4.04. The number of pyridine rings is 1. The van der Waals surface area contributed by atoms with E-state index in [4.69, 9.17) is 9.47 Å². The molecule has 1 N–H and O–H groups in total. The molecule has 0 aliphatic carbocycles. The number of methoxy groups -OCH3 is 1. The summed E-state index contributed by atoms with van der Waals surface area (Å²) in [6, 6.07) is 1.79. The van der Waals surface area contributed by atoms with Gasteiger partial charge in [-0.25, -0.2) is 0 Å². The van der Waals surface area contributed by atoms with Crippen LogP contribution in [0, 0.1) is 0 Å². The fourth-order valence-corrected chi connectivity index (χ4v) is 1.75. The summed E-state index contributed by atoms with van der Waals surface area (Å²) >= 11 is 0. The molecule has 2 unspecified atom stereocenters. The fourth-order valence-electron chi connectivity index (χ4n) is 1.75. The normalized spacial score (nSPS) is 14.4. The Morgan fingerprint density at radius 2 is 2.12 bits per heavy atom. The highest BCUT2D eigenvalue weighted by molar-refractivity contribution is 5.25. The van der Waals surface area contributed by atoms with Gasteiger partial charge in [-0.2, -0.15) is 0 Å². The van der Waals surface area contributed by atoms with Crippen molar-refractivity contribution in [1.29, 1.82) is 0 Å². The lowest BCUT2D eigenvalue weighted by Gasteiger charge is -2.22. The van der Waals surface area contributed by atoms with Gasteiger partial charge in [0.2, 0.25) is 0 Å². The van der Waals surface area contributed by atoms with Crippen LogP contribution < -0.4 is 4.74 Å². The van der Waals surface area contributed by atoms with Crippen molar-refractivity contribution < 1.29 is 14.6 Å². The van der Waals surface area contributed by atoms with E-state index in [1.807, 2.05) is 6.92 Å². The minimum atomic E-state index is -0.655. The number of nitrogens with zero attached hydrogens (tertiary/aromatic N) is 1. The van der Waals surface area contributed by atoms with Crippen molar-refractivity contribution >= 4 is 0 Å². The molecule has 1 rings (SSSR count). The van der Waals surface area contributed by atoms with Crippen LogP contribution in [0.4, 0.5) is 0 Å². The molecule has 96 valence electrons. The zero-order valence-electron chi connectivity index (χ0n) is 10.7. The summed E-state index contributed by atoms with van der Waals surface area (Å²) in [7, 11) is 1.58. The first kappa shape index (κ1) is 13.9. The highest BCUT2D eigenvalue weighted by atomic mass is 16.5. The monoisotopic (exact) mass is 239 g/mol. The van der Waals surface area contributed by atoms with Gasteiger partial charge < -0.3 is 14.6 Å². The summed E-state index contributed by atoms with van der Waals surface area (Å²) in [6.45, 7) is 4.60. The molecule has 1 heterocycles. The van der Waals surface area contributed by atoms with Gasteiger partial charge >= 0.3 is 0 Å². The molecule has 0 amide bonds. The Hall–Kier alpha value is -1.13. The largest absolute Gasteiger partial charge is 0.495 e. The molecule has 0 aliphatic rings. The first-order valence-electron chi connectivity index (χ1n) is 6.01. The summed E-state index contributed by atoms with van der Waals surface area (Å²) in [5.74, 6) is 0.647. The Labute approximate surface area is 103 Å². The van der Waals surface area contributed by atoms with Crippen molar-refractivity contribution in [2.45, 2.75) is 38.9 Å². The molecule has 1 aromatic heterocycles. The molecular weight excluding hydrogens is 218 g/mol. The minimum absolute atomic E-state index is 0.182. The standard InChI is InChI=1S/C13H21NO3/c1-4-6-12(17-5-2)13(15)10-7-11(16-3)9-14-8-10/h7-9,12-13,15H,4-6H2,1-3H3. The first-order chi connectivity index (χ1) is 8.22. The maximum Gasteiger partial charge on any atom is 0.137 e. The molecule has 2 atom stereocenters. The van der Waals surface area contributed by atoms with E-state index >= 15 is 0 Å². The maximum absolute atomic E-state index is 10.2. The molecule has 0 aromatic carbocycles. The number of aromatic nitrogens is 1. The second-order valence-corrected chi connectivity index (χ2v) is 3.89. The van der Waals surface area contributed by atoms with Gasteiger partial charge in [0.15, 0.2) is 0 Å². The fraction of sp³-hybridized carbons (Fsp3) is 0.615. The van der Waals surface area contributed by atoms with Gasteiger partial charge in [0.05, 0.1) is 19.4 Å². The second-order valence-electron chi connectivity index (χ2n) is 3.89. The average molecular weight is 239 g/mol. The number of aliphatic hydroxyl groups excluding tert-OH is 1. The predicted molar refractivity (Wildman–Crippen MR) is 66.1 cm³/mol. The van der Waals surface area contributed by atoms with Crippen LogP contribution in [-0.2, 0) is 4.74 Å². The molecule has 0 radical (unpaired) electrons. The van der Waals surface area contributed by atoms with Crippen LogP contribution in [0.25, 0.3) is 0 Å². The van der Waals surface area contributed by atoms with E-state index in [-0.39, 0.29) is 6.10 Å². The van der Waals surface area contributed by atoms with E-state index in [0.29, 0.717) is 12.4 Å². The average Bonchev–Trinajstić information content (AvgIpc) is 2.38. The number of hydrogen-bond acceptors (Lipinski definition) is 4. The molecule has 0 fully saturated rings. The lowest BCUT2D eigenvalue weighted by Crippen LogP contribution is -2.22. The van der Waals surface area contributed by atoms with Crippen molar-refractivity contribution in [3.05, 3.63) is 24.0 Å². The molecule has 0 bridgehead atoms. The first-order valence-corrected chi connectivity index (χ1v) is 6.01. The van der Waals surface area contributed by atoms with Crippen LogP contribution in [0.15, 0.2) is 18.5 Å². The summed E-state index contributed by atoms with van der Waals surface area (Å²) < 4.78 is 10.6. The predicted octanol–water partition coefficient (Wildman–Crippen LogP) is 2.33. The minimum Gasteiger partial charge on any atom is -0.495 e. The smallest absolute Gasteiger partial charge is 0.137 e. The summed E-state index contributed by atoms with van der Waals surface area (Å²) in [6.07, 6.45) is 4.22. The van der Waals surface area contributed by atoms with Crippen LogP contribution in [0.2, 0.25) is 0 Å². The summed E-state index contributed by atoms with van der Waals surface area (Å²) in [5.41, 5.74) is 0.733. The maximum atomic E-state index is 10.2. The SMILES string of the molecule is CCCC(OCC)C(O)c1cncc(OC)c1. The number of ether oxygens (including phenoxy) is 2. The van der Waals surface area contributed by atoms with Gasteiger partial charge in [0.1, 0.15) is 11.9 Å². The topological polar surface area (TPSA) is 51.6 Å². The number of aliphatic hydroxyl groups is 1. The van der Waals surface area contributed by atoms with Gasteiger partial charge in [0, 0.05) is 18.4 Å². The molecule has 4 nitrogen and oxygen atoms in total. The molecule has 0 aliphatic heterocycles. The van der Waals surface area contributed by atoms with Gasteiger partial charge in [-0.15, -0.1) is 0 Å². The van der Waals surface area contributed by atoms with Crippen molar-refractivity contribution in [3.63, 3.8) is 0 Å². The van der Waals surface area contributed by atoms with Crippen LogP contribution in [-0.4, -0.2) is 29.9 Å². The number of hydrogen-bond donors (Lipinski definition) is 1. The third-order valence-corrected chi connectivity index (χ3v) is 2.62. The molecule has 0 saturated carbocycles. The lowest BCUT2D eigenvalue weighted by molar-refractivity contribution is -0.0386. The Balaban J connectivity index is 2.79. The van der Waals surface area contributed by atoms with E-state index in [9.17, 15) is 5.11 Å². The quantitative estimate of drug-likeness (QED) is 0.793. The van der Waals surface area contributed by atoms with E-state index in [1.165, 1.54) is 0 Å². The molecule has 0 saturated heterocycles. The van der Waals surface area contributed by atoms with Crippen LogP contribution in [0.3, 0.4) is 0 Å². The van der Waals surface area contributed by atoms with Gasteiger partial charge in [-0.1, -0.05) is 13.3 Å². The molecule has 1 aromatic rings. The molecule has 17 heavy (non-hydrogen) atoms. The zero-order chi connectivity index (χ0) is 12.7. The van der Waals surface area contributed by atoms with E-state index < -0.39 is 6.10 Å². The van der Waals surface area contributed by atoms with E-state index in [1.54, 1.807) is 25.6 Å². The van der Waals surface area contributed by atoms with Gasteiger partial charge in [-0.05, 0) is 19.4 Å². The van der Waals surface area contributed by atoms with E-state index in [0.717, 1.165) is 18.4 Å². The lowest BCUT2D eigenvalue weighted by atomic mass is 10.0. The third-order valence-electron chi connectivity index (χ3n) is 2.62. The summed E-state index contributed by atoms with van der Waals surface area (Å²) in [5, 5.41) is 10.2. The van der Waals surface area contributed by atoms with E-state index in [2.05, 4.69) is 11.9 Å². The third kappa shape index (κ3) is 3.98. The zero-order valence-corrected chi connectivity index (χ0v) is 10.7. The molecular formula is C13H21NO3. The second kappa shape index (κ2) is 7.25. The Kier molecular flexibility index (Phi) is 5.94. The van der Waals surface area contributed by atoms with Crippen molar-refractivity contribution in [1.82, 2.24) is 4.98 Å². The number of rotatable bonds is 7. The molecule has 4 heteroatoms. The Bertz CT molecular complexity index is 324. The van der Waals surface area contributed by atoms with Crippen molar-refractivity contribution in [3.8, 4) is 5.75 Å². The molecule has 0 spiro atoms. The van der Waals surface area contributed by atoms with Crippen LogP contribution in [0.5, 0.6) is 5.75 Å². The Morgan fingerprint density at radius 3 is 2.71 bits per heavy atom. The highest BCUT2D eigenvalue weighted by Gasteiger charge is 2.21. The Morgan fingerprint density at radius 1 is 1.35 bits per heavy atom. The van der Waals surface area contributed by atoms with Crippen molar-refractivity contribution in [2.24, 2.45) is 0 Å². The van der Waals surface area contributed by atoms with Gasteiger partial charge in [0.25, 0.3) is 0 Å². The van der Waals surface area contributed by atoms with Gasteiger partial charge in [-0.3, -0.25) is 4.98 Å². The van der Waals surface area contributed by atoms with Crippen molar-refractivity contribution in [2.75, 3.05) is 13.7 Å².